The molecule has 0 bridgehead atoms. The molecule has 4 aromatic rings. The highest BCUT2D eigenvalue weighted by molar-refractivity contribution is 5.91. The number of methoxy groups -OCH3 is 4. The molecule has 3 aromatic carbocycles. The van der Waals surface area contributed by atoms with E-state index in [1.807, 2.05) is 24.4 Å². The highest BCUT2D eigenvalue weighted by atomic mass is 16.5. The summed E-state index contributed by atoms with van der Waals surface area (Å²) in [6, 6.07) is 18.7. The quantitative estimate of drug-likeness (QED) is 0.315. The van der Waals surface area contributed by atoms with Crippen LogP contribution in [0.3, 0.4) is 0 Å². The molecule has 0 aliphatic heterocycles. The summed E-state index contributed by atoms with van der Waals surface area (Å²) < 4.78 is 22.4. The lowest BCUT2D eigenvalue weighted by Crippen LogP contribution is -2.10. The molecule has 4 rings (SSSR count). The van der Waals surface area contributed by atoms with Gasteiger partial charge in [-0.3, -0.25) is 4.98 Å². The fraction of sp³-hybridized carbons (Fsp3) is 0.276. The standard InChI is InChI=1S/C29H31NO4/c1-29(2,3)22-11-8-18(9-12-22)23-15-20(16-25(32-5)27(23)33-6)21-14-19-10-13-24(31-4)28(34-7)26(19)30-17-21/h8-17H,1-7H3. The van der Waals surface area contributed by atoms with Crippen molar-refractivity contribution in [3.8, 4) is 45.3 Å². The van der Waals surface area contributed by atoms with Crippen molar-refractivity contribution in [2.24, 2.45) is 0 Å². The Morgan fingerprint density at radius 3 is 1.88 bits per heavy atom. The molecule has 0 amide bonds. The van der Waals surface area contributed by atoms with Crippen molar-refractivity contribution in [1.82, 2.24) is 4.98 Å². The van der Waals surface area contributed by atoms with E-state index in [0.717, 1.165) is 33.2 Å². The van der Waals surface area contributed by atoms with Gasteiger partial charge in [0.1, 0.15) is 5.52 Å². The van der Waals surface area contributed by atoms with Crippen LogP contribution < -0.4 is 18.9 Å². The van der Waals surface area contributed by atoms with Crippen molar-refractivity contribution in [2.75, 3.05) is 28.4 Å². The highest BCUT2D eigenvalue weighted by Gasteiger charge is 2.18. The molecule has 0 aliphatic carbocycles. The van der Waals surface area contributed by atoms with Crippen molar-refractivity contribution >= 4 is 10.9 Å². The van der Waals surface area contributed by atoms with E-state index in [1.54, 1.807) is 28.4 Å². The molecule has 0 aliphatic rings. The molecule has 0 radical (unpaired) electrons. The van der Waals surface area contributed by atoms with Crippen molar-refractivity contribution in [3.05, 3.63) is 66.4 Å². The Morgan fingerprint density at radius 2 is 1.29 bits per heavy atom. The third-order valence-electron chi connectivity index (χ3n) is 6.07. The Bertz CT molecular complexity index is 1320. The van der Waals surface area contributed by atoms with E-state index in [4.69, 9.17) is 23.9 Å². The first-order valence-corrected chi connectivity index (χ1v) is 11.2. The summed E-state index contributed by atoms with van der Waals surface area (Å²) in [5, 5.41) is 0.959. The molecule has 0 spiro atoms. The SMILES string of the molecule is COc1cc(-c2cnc3c(OC)c(OC)ccc3c2)cc(-c2ccc(C(C)(C)C)cc2)c1OC. The van der Waals surface area contributed by atoms with Crippen LogP contribution in [0.5, 0.6) is 23.0 Å². The zero-order valence-corrected chi connectivity index (χ0v) is 20.9. The van der Waals surface area contributed by atoms with Crippen molar-refractivity contribution in [3.63, 3.8) is 0 Å². The summed E-state index contributed by atoms with van der Waals surface area (Å²) in [5.74, 6) is 2.65. The summed E-state index contributed by atoms with van der Waals surface area (Å²) in [4.78, 5) is 4.70. The van der Waals surface area contributed by atoms with Gasteiger partial charge < -0.3 is 18.9 Å². The van der Waals surface area contributed by atoms with Gasteiger partial charge in [0, 0.05) is 22.7 Å². The van der Waals surface area contributed by atoms with Gasteiger partial charge in [-0.05, 0) is 52.4 Å². The Balaban J connectivity index is 1.87. The first kappa shape index (κ1) is 23.4. The summed E-state index contributed by atoms with van der Waals surface area (Å²) in [6.07, 6.45) is 1.85. The van der Waals surface area contributed by atoms with E-state index >= 15 is 0 Å². The van der Waals surface area contributed by atoms with Gasteiger partial charge in [0.05, 0.1) is 28.4 Å². The summed E-state index contributed by atoms with van der Waals surface area (Å²) >= 11 is 0. The third-order valence-corrected chi connectivity index (χ3v) is 6.07. The van der Waals surface area contributed by atoms with Gasteiger partial charge in [-0.2, -0.15) is 0 Å². The maximum atomic E-state index is 5.77. The predicted octanol–water partition coefficient (Wildman–Crippen LogP) is 6.90. The van der Waals surface area contributed by atoms with E-state index in [0.29, 0.717) is 23.0 Å². The molecule has 34 heavy (non-hydrogen) atoms. The number of fused-ring (bicyclic) bond motifs is 1. The minimum Gasteiger partial charge on any atom is -0.493 e. The van der Waals surface area contributed by atoms with E-state index in [2.05, 4.69) is 57.2 Å². The third kappa shape index (κ3) is 4.26. The zero-order valence-electron chi connectivity index (χ0n) is 20.9. The number of nitrogens with zero attached hydrogens (tertiary/aromatic N) is 1. The molecule has 5 nitrogen and oxygen atoms in total. The summed E-state index contributed by atoms with van der Waals surface area (Å²) in [6.45, 7) is 6.64. The smallest absolute Gasteiger partial charge is 0.187 e. The molecular weight excluding hydrogens is 426 g/mol. The molecule has 0 fully saturated rings. The molecule has 176 valence electrons. The Morgan fingerprint density at radius 1 is 0.618 bits per heavy atom. The fourth-order valence-electron chi connectivity index (χ4n) is 4.17. The van der Waals surface area contributed by atoms with Crippen LogP contribution in [0.15, 0.2) is 60.8 Å². The van der Waals surface area contributed by atoms with Gasteiger partial charge in [-0.1, -0.05) is 45.0 Å². The molecule has 5 heteroatoms. The van der Waals surface area contributed by atoms with Gasteiger partial charge in [-0.25, -0.2) is 0 Å². The normalized spacial score (nSPS) is 11.4. The second-order valence-corrected chi connectivity index (χ2v) is 9.18. The van der Waals surface area contributed by atoms with Crippen LogP contribution >= 0.6 is 0 Å². The van der Waals surface area contributed by atoms with Crippen molar-refractivity contribution < 1.29 is 18.9 Å². The molecule has 0 saturated carbocycles. The Labute approximate surface area is 201 Å². The number of benzene rings is 3. The van der Waals surface area contributed by atoms with E-state index in [-0.39, 0.29) is 5.41 Å². The molecule has 0 atom stereocenters. The molecule has 0 unspecified atom stereocenters. The average molecular weight is 458 g/mol. The van der Waals surface area contributed by atoms with E-state index < -0.39 is 0 Å². The second-order valence-electron chi connectivity index (χ2n) is 9.18. The molecule has 1 heterocycles. The van der Waals surface area contributed by atoms with Crippen LogP contribution in [0.25, 0.3) is 33.2 Å². The van der Waals surface area contributed by atoms with Crippen LogP contribution in [0.4, 0.5) is 0 Å². The zero-order chi connectivity index (χ0) is 24.5. The largest absolute Gasteiger partial charge is 0.493 e. The van der Waals surface area contributed by atoms with Gasteiger partial charge in [0.25, 0.3) is 0 Å². The number of rotatable bonds is 6. The number of hydrogen-bond donors (Lipinski definition) is 0. The van der Waals surface area contributed by atoms with Crippen LogP contribution in [-0.2, 0) is 5.41 Å². The maximum Gasteiger partial charge on any atom is 0.187 e. The van der Waals surface area contributed by atoms with E-state index in [1.165, 1.54) is 5.56 Å². The monoisotopic (exact) mass is 457 g/mol. The van der Waals surface area contributed by atoms with E-state index in [9.17, 15) is 0 Å². The van der Waals surface area contributed by atoms with Gasteiger partial charge in [0.15, 0.2) is 23.0 Å². The summed E-state index contributed by atoms with van der Waals surface area (Å²) in [7, 11) is 6.57. The number of ether oxygens (including phenoxy) is 4. The van der Waals surface area contributed by atoms with Gasteiger partial charge >= 0.3 is 0 Å². The number of hydrogen-bond acceptors (Lipinski definition) is 5. The molecule has 0 N–H and O–H groups in total. The molecule has 1 aromatic heterocycles. The van der Waals surface area contributed by atoms with Crippen LogP contribution in [-0.4, -0.2) is 33.4 Å². The topological polar surface area (TPSA) is 49.8 Å². The highest BCUT2D eigenvalue weighted by Crippen LogP contribution is 2.43. The van der Waals surface area contributed by atoms with Crippen molar-refractivity contribution in [2.45, 2.75) is 26.2 Å². The second kappa shape index (κ2) is 9.26. The summed E-state index contributed by atoms with van der Waals surface area (Å²) in [5.41, 5.74) is 6.09. The maximum absolute atomic E-state index is 5.77. The van der Waals surface area contributed by atoms with Crippen LogP contribution in [0.1, 0.15) is 26.3 Å². The molecule has 0 saturated heterocycles. The first-order chi connectivity index (χ1) is 16.3. The Kier molecular flexibility index (Phi) is 6.38. The van der Waals surface area contributed by atoms with Crippen LogP contribution in [0.2, 0.25) is 0 Å². The number of pyridine rings is 1. The minimum absolute atomic E-state index is 0.0860. The van der Waals surface area contributed by atoms with Gasteiger partial charge in [0.2, 0.25) is 0 Å². The lowest BCUT2D eigenvalue weighted by atomic mass is 9.86. The minimum atomic E-state index is 0.0860. The Hall–Kier alpha value is -3.73. The lowest BCUT2D eigenvalue weighted by molar-refractivity contribution is 0.356. The predicted molar refractivity (Wildman–Crippen MR) is 138 cm³/mol. The first-order valence-electron chi connectivity index (χ1n) is 11.2. The number of aromatic nitrogens is 1. The molecular formula is C29H31NO4. The van der Waals surface area contributed by atoms with Gasteiger partial charge in [-0.15, -0.1) is 0 Å². The fourth-order valence-corrected chi connectivity index (χ4v) is 4.17. The van der Waals surface area contributed by atoms with Crippen molar-refractivity contribution in [1.29, 1.82) is 0 Å². The van der Waals surface area contributed by atoms with Crippen LogP contribution in [0, 0.1) is 0 Å². The lowest BCUT2D eigenvalue weighted by Gasteiger charge is -2.20. The average Bonchev–Trinajstić information content (AvgIpc) is 2.86.